The first-order valence-electron chi connectivity index (χ1n) is 6.89. The first-order chi connectivity index (χ1) is 10.1. The summed E-state index contributed by atoms with van der Waals surface area (Å²) >= 11 is 0. The van der Waals surface area contributed by atoms with Crippen LogP contribution in [0.3, 0.4) is 0 Å². The summed E-state index contributed by atoms with van der Waals surface area (Å²) in [4.78, 5) is 16.0. The fraction of sp³-hybridized carbons (Fsp3) is 0.357. The number of aromatic amines is 1. The lowest BCUT2D eigenvalue weighted by molar-refractivity contribution is 0.0996. The molecule has 1 aliphatic rings. The van der Waals surface area contributed by atoms with Crippen LogP contribution in [-0.2, 0) is 0 Å². The van der Waals surface area contributed by atoms with Crippen molar-refractivity contribution in [2.45, 2.75) is 0 Å². The van der Waals surface area contributed by atoms with Crippen molar-refractivity contribution in [3.8, 4) is 11.3 Å². The number of anilines is 1. The van der Waals surface area contributed by atoms with Crippen LogP contribution in [0.1, 0.15) is 10.5 Å². The molecule has 21 heavy (non-hydrogen) atoms. The molecule has 0 unspecified atom stereocenters. The van der Waals surface area contributed by atoms with Crippen molar-refractivity contribution in [2.24, 2.45) is 5.73 Å². The molecule has 1 amide bonds. The SMILES string of the molecule is CN1CCN(c2ccc(-c3n[nH]nc3C(N)=O)cc2)CC1. The fourth-order valence-electron chi connectivity index (χ4n) is 2.50. The Morgan fingerprint density at radius 2 is 1.81 bits per heavy atom. The maximum absolute atomic E-state index is 11.3. The second-order valence-corrected chi connectivity index (χ2v) is 5.22. The summed E-state index contributed by atoms with van der Waals surface area (Å²) in [6.07, 6.45) is 0. The zero-order valence-corrected chi connectivity index (χ0v) is 11.9. The third kappa shape index (κ3) is 2.73. The first-order valence-corrected chi connectivity index (χ1v) is 6.89. The van der Waals surface area contributed by atoms with E-state index < -0.39 is 5.91 Å². The lowest BCUT2D eigenvalue weighted by Gasteiger charge is -2.34. The molecule has 0 bridgehead atoms. The van der Waals surface area contributed by atoms with Gasteiger partial charge in [0.2, 0.25) is 0 Å². The molecule has 3 rings (SSSR count). The molecule has 0 spiro atoms. The number of carbonyl (C=O) groups excluding carboxylic acids is 1. The fourth-order valence-corrected chi connectivity index (χ4v) is 2.50. The van der Waals surface area contributed by atoms with Gasteiger partial charge in [-0.15, -0.1) is 0 Å². The highest BCUT2D eigenvalue weighted by molar-refractivity contribution is 5.96. The summed E-state index contributed by atoms with van der Waals surface area (Å²) in [6.45, 7) is 4.17. The van der Waals surface area contributed by atoms with Crippen LogP contribution in [0.15, 0.2) is 24.3 Å². The molecular formula is C14H18N6O. The normalized spacial score (nSPS) is 16.1. The minimum atomic E-state index is -0.582. The summed E-state index contributed by atoms with van der Waals surface area (Å²) in [5.74, 6) is -0.582. The monoisotopic (exact) mass is 286 g/mol. The maximum atomic E-state index is 11.3. The number of benzene rings is 1. The van der Waals surface area contributed by atoms with Crippen molar-refractivity contribution in [3.63, 3.8) is 0 Å². The van der Waals surface area contributed by atoms with Crippen LogP contribution in [0.25, 0.3) is 11.3 Å². The number of likely N-dealkylation sites (N-methyl/N-ethyl adjacent to an activating group) is 1. The molecule has 1 aromatic carbocycles. The zero-order valence-electron chi connectivity index (χ0n) is 11.9. The highest BCUT2D eigenvalue weighted by Gasteiger charge is 2.17. The number of aromatic nitrogens is 3. The van der Waals surface area contributed by atoms with Gasteiger partial charge in [0.15, 0.2) is 5.69 Å². The Hall–Kier alpha value is -2.41. The minimum Gasteiger partial charge on any atom is -0.369 e. The van der Waals surface area contributed by atoms with E-state index in [0.29, 0.717) is 5.69 Å². The van der Waals surface area contributed by atoms with Gasteiger partial charge in [0.25, 0.3) is 5.91 Å². The van der Waals surface area contributed by atoms with Crippen molar-refractivity contribution in [2.75, 3.05) is 38.1 Å². The van der Waals surface area contributed by atoms with E-state index in [0.717, 1.165) is 31.7 Å². The summed E-state index contributed by atoms with van der Waals surface area (Å²) < 4.78 is 0. The number of carbonyl (C=O) groups is 1. The molecule has 7 nitrogen and oxygen atoms in total. The zero-order chi connectivity index (χ0) is 14.8. The topological polar surface area (TPSA) is 91.1 Å². The van der Waals surface area contributed by atoms with Crippen LogP contribution in [-0.4, -0.2) is 59.4 Å². The number of nitrogens with two attached hydrogens (primary N) is 1. The smallest absolute Gasteiger partial charge is 0.271 e. The average Bonchev–Trinajstić information content (AvgIpc) is 2.98. The van der Waals surface area contributed by atoms with Gasteiger partial charge in [-0.2, -0.15) is 15.4 Å². The Morgan fingerprint density at radius 3 is 2.43 bits per heavy atom. The largest absolute Gasteiger partial charge is 0.369 e. The molecule has 3 N–H and O–H groups in total. The molecule has 7 heteroatoms. The number of H-pyrrole nitrogens is 1. The van der Waals surface area contributed by atoms with Gasteiger partial charge in [0.05, 0.1) is 0 Å². The van der Waals surface area contributed by atoms with Crippen LogP contribution in [0.4, 0.5) is 5.69 Å². The average molecular weight is 286 g/mol. The van der Waals surface area contributed by atoms with Crippen molar-refractivity contribution < 1.29 is 4.79 Å². The van der Waals surface area contributed by atoms with E-state index in [9.17, 15) is 4.79 Å². The van der Waals surface area contributed by atoms with Crippen LogP contribution in [0.5, 0.6) is 0 Å². The lowest BCUT2D eigenvalue weighted by atomic mass is 10.1. The van der Waals surface area contributed by atoms with Gasteiger partial charge in [0, 0.05) is 37.4 Å². The first kappa shape index (κ1) is 13.6. The molecule has 1 saturated heterocycles. The number of hydrogen-bond donors (Lipinski definition) is 2. The second-order valence-electron chi connectivity index (χ2n) is 5.22. The molecule has 2 heterocycles. The third-order valence-electron chi connectivity index (χ3n) is 3.79. The Balaban J connectivity index is 1.81. The molecule has 0 aliphatic carbocycles. The Morgan fingerprint density at radius 1 is 1.14 bits per heavy atom. The molecule has 2 aromatic rings. The van der Waals surface area contributed by atoms with E-state index in [1.807, 2.05) is 24.3 Å². The molecule has 0 atom stereocenters. The number of nitrogens with one attached hydrogen (secondary N) is 1. The van der Waals surface area contributed by atoms with Crippen molar-refractivity contribution in [3.05, 3.63) is 30.0 Å². The summed E-state index contributed by atoms with van der Waals surface area (Å²) in [6, 6.07) is 7.97. The number of rotatable bonds is 3. The van der Waals surface area contributed by atoms with E-state index in [1.165, 1.54) is 5.69 Å². The predicted octanol–water partition coefficient (Wildman–Crippen LogP) is 0.322. The third-order valence-corrected chi connectivity index (χ3v) is 3.79. The summed E-state index contributed by atoms with van der Waals surface area (Å²) in [5, 5.41) is 10.2. The van der Waals surface area contributed by atoms with Gasteiger partial charge in [0.1, 0.15) is 5.69 Å². The van der Waals surface area contributed by atoms with Gasteiger partial charge in [-0.3, -0.25) is 4.79 Å². The van der Waals surface area contributed by atoms with E-state index in [4.69, 9.17) is 5.73 Å². The van der Waals surface area contributed by atoms with E-state index in [1.54, 1.807) is 0 Å². The number of piperazine rings is 1. The maximum Gasteiger partial charge on any atom is 0.271 e. The number of amides is 1. The molecule has 1 fully saturated rings. The molecule has 1 aromatic heterocycles. The Labute approximate surface area is 122 Å². The highest BCUT2D eigenvalue weighted by atomic mass is 16.1. The van der Waals surface area contributed by atoms with Crippen LogP contribution >= 0.6 is 0 Å². The van der Waals surface area contributed by atoms with E-state index >= 15 is 0 Å². The summed E-state index contributed by atoms with van der Waals surface area (Å²) in [7, 11) is 2.14. The molecular weight excluding hydrogens is 268 g/mol. The number of nitrogens with zero attached hydrogens (tertiary/aromatic N) is 4. The van der Waals surface area contributed by atoms with Crippen LogP contribution in [0, 0.1) is 0 Å². The van der Waals surface area contributed by atoms with Crippen molar-refractivity contribution in [1.82, 2.24) is 20.3 Å². The number of primary amides is 1. The van der Waals surface area contributed by atoms with Gasteiger partial charge >= 0.3 is 0 Å². The van der Waals surface area contributed by atoms with Crippen LogP contribution in [0.2, 0.25) is 0 Å². The molecule has 1 aliphatic heterocycles. The van der Waals surface area contributed by atoms with Gasteiger partial charge in [-0.05, 0) is 19.2 Å². The standard InChI is InChI=1S/C14H18N6O/c1-19-6-8-20(9-7-19)11-4-2-10(3-5-11)12-13(14(15)21)17-18-16-12/h2-5H,6-9H2,1H3,(H2,15,21)(H,16,17,18). The summed E-state index contributed by atoms with van der Waals surface area (Å²) in [5.41, 5.74) is 7.95. The molecule has 0 saturated carbocycles. The molecule has 110 valence electrons. The van der Waals surface area contributed by atoms with Crippen molar-refractivity contribution in [1.29, 1.82) is 0 Å². The van der Waals surface area contributed by atoms with E-state index in [2.05, 4.69) is 32.3 Å². The minimum absolute atomic E-state index is 0.169. The lowest BCUT2D eigenvalue weighted by Crippen LogP contribution is -2.44. The highest BCUT2D eigenvalue weighted by Crippen LogP contribution is 2.23. The Kier molecular flexibility index (Phi) is 3.57. The van der Waals surface area contributed by atoms with Crippen molar-refractivity contribution >= 4 is 11.6 Å². The van der Waals surface area contributed by atoms with Gasteiger partial charge < -0.3 is 15.5 Å². The Bertz CT molecular complexity index is 627. The van der Waals surface area contributed by atoms with Gasteiger partial charge in [-0.25, -0.2) is 0 Å². The predicted molar refractivity (Wildman–Crippen MR) is 80.0 cm³/mol. The van der Waals surface area contributed by atoms with Crippen LogP contribution < -0.4 is 10.6 Å². The van der Waals surface area contributed by atoms with E-state index in [-0.39, 0.29) is 5.69 Å². The molecule has 0 radical (unpaired) electrons. The second kappa shape index (κ2) is 5.53. The van der Waals surface area contributed by atoms with Gasteiger partial charge in [-0.1, -0.05) is 12.1 Å². The number of hydrogen-bond acceptors (Lipinski definition) is 5. The quantitative estimate of drug-likeness (QED) is 0.848.